The van der Waals surface area contributed by atoms with Crippen LogP contribution in [0.2, 0.25) is 5.02 Å². The first kappa shape index (κ1) is 13.5. The van der Waals surface area contributed by atoms with Crippen LogP contribution in [0, 0.1) is 0 Å². The van der Waals surface area contributed by atoms with Gasteiger partial charge in [0.05, 0.1) is 26.3 Å². The number of nitrogens with one attached hydrogen (secondary N) is 1. The summed E-state index contributed by atoms with van der Waals surface area (Å²) in [5.41, 5.74) is 0.756. The summed E-state index contributed by atoms with van der Waals surface area (Å²) in [6.07, 6.45) is 1.78. The first-order chi connectivity index (χ1) is 9.19. The van der Waals surface area contributed by atoms with Crippen LogP contribution in [-0.2, 0) is 17.8 Å². The van der Waals surface area contributed by atoms with Gasteiger partial charge in [-0.15, -0.1) is 0 Å². The zero-order valence-electron chi connectivity index (χ0n) is 10.5. The molecule has 2 rings (SSSR count). The number of ether oxygens (including phenoxy) is 1. The Hall–Kier alpha value is -1.94. The van der Waals surface area contributed by atoms with Crippen LogP contribution >= 0.6 is 11.6 Å². The van der Waals surface area contributed by atoms with E-state index in [9.17, 15) is 4.79 Å². The maximum atomic E-state index is 11.8. The van der Waals surface area contributed by atoms with Crippen molar-refractivity contribution in [3.8, 4) is 5.75 Å². The number of hydrogen-bond acceptors (Lipinski definition) is 3. The van der Waals surface area contributed by atoms with Crippen molar-refractivity contribution in [3.05, 3.63) is 52.9 Å². The number of amides is 1. The molecule has 4 nitrogen and oxygen atoms in total. The number of carbonyl (C=O) groups excluding carboxylic acids is 1. The number of hydrogen-bond donors (Lipinski definition) is 1. The average molecular weight is 280 g/mol. The van der Waals surface area contributed by atoms with Crippen LogP contribution in [0.1, 0.15) is 11.3 Å². The fourth-order valence-corrected chi connectivity index (χ4v) is 1.91. The number of carbonyl (C=O) groups is 1. The van der Waals surface area contributed by atoms with Crippen LogP contribution in [0.3, 0.4) is 0 Å². The molecule has 1 amide bonds. The highest BCUT2D eigenvalue weighted by molar-refractivity contribution is 6.30. The second kappa shape index (κ2) is 6.29. The standard InChI is InChI=1S/C14H14ClNO3/c1-18-13-5-4-11(15)7-10(13)8-14(17)16-9-12-3-2-6-19-12/h2-7H,8-9H2,1H3,(H,16,17). The highest BCUT2D eigenvalue weighted by Gasteiger charge is 2.09. The number of methoxy groups -OCH3 is 1. The van der Waals surface area contributed by atoms with Crippen molar-refractivity contribution >= 4 is 17.5 Å². The third-order valence-electron chi connectivity index (χ3n) is 2.63. The summed E-state index contributed by atoms with van der Waals surface area (Å²) in [5, 5.41) is 3.35. The van der Waals surface area contributed by atoms with Gasteiger partial charge in [0, 0.05) is 10.6 Å². The molecule has 0 fully saturated rings. The van der Waals surface area contributed by atoms with Crippen molar-refractivity contribution in [2.45, 2.75) is 13.0 Å². The fourth-order valence-electron chi connectivity index (χ4n) is 1.72. The first-order valence-electron chi connectivity index (χ1n) is 5.80. The Bertz CT molecular complexity index is 552. The Morgan fingerprint density at radius 2 is 2.26 bits per heavy atom. The summed E-state index contributed by atoms with van der Waals surface area (Å²) in [6.45, 7) is 0.370. The third kappa shape index (κ3) is 3.76. The molecular formula is C14H14ClNO3. The molecule has 0 unspecified atom stereocenters. The second-order valence-corrected chi connectivity index (χ2v) is 4.43. The highest BCUT2D eigenvalue weighted by atomic mass is 35.5. The smallest absolute Gasteiger partial charge is 0.224 e. The lowest BCUT2D eigenvalue weighted by Gasteiger charge is -2.09. The molecule has 0 aliphatic rings. The van der Waals surface area contributed by atoms with E-state index in [1.54, 1.807) is 43.7 Å². The topological polar surface area (TPSA) is 51.5 Å². The maximum Gasteiger partial charge on any atom is 0.224 e. The molecule has 5 heteroatoms. The molecule has 0 saturated heterocycles. The lowest BCUT2D eigenvalue weighted by atomic mass is 10.1. The minimum Gasteiger partial charge on any atom is -0.496 e. The molecule has 100 valence electrons. The van der Waals surface area contributed by atoms with Crippen molar-refractivity contribution in [1.29, 1.82) is 0 Å². The van der Waals surface area contributed by atoms with Crippen molar-refractivity contribution in [2.75, 3.05) is 7.11 Å². The molecule has 0 spiro atoms. The average Bonchev–Trinajstić information content (AvgIpc) is 2.90. The van der Waals surface area contributed by atoms with E-state index < -0.39 is 0 Å². The maximum absolute atomic E-state index is 11.8. The van der Waals surface area contributed by atoms with E-state index in [1.165, 1.54) is 0 Å². The normalized spacial score (nSPS) is 10.2. The summed E-state index contributed by atoms with van der Waals surface area (Å²) in [6, 6.07) is 8.79. The van der Waals surface area contributed by atoms with Gasteiger partial charge in [-0.1, -0.05) is 11.6 Å². The van der Waals surface area contributed by atoms with E-state index in [-0.39, 0.29) is 12.3 Å². The van der Waals surface area contributed by atoms with E-state index in [0.717, 1.165) is 5.56 Å². The third-order valence-corrected chi connectivity index (χ3v) is 2.87. The van der Waals surface area contributed by atoms with Gasteiger partial charge >= 0.3 is 0 Å². The van der Waals surface area contributed by atoms with Gasteiger partial charge in [-0.3, -0.25) is 4.79 Å². The van der Waals surface area contributed by atoms with Gasteiger partial charge in [0.15, 0.2) is 0 Å². The molecule has 0 atom stereocenters. The van der Waals surface area contributed by atoms with Gasteiger partial charge in [-0.25, -0.2) is 0 Å². The summed E-state index contributed by atoms with van der Waals surface area (Å²) < 4.78 is 10.3. The van der Waals surface area contributed by atoms with Gasteiger partial charge in [0.25, 0.3) is 0 Å². The van der Waals surface area contributed by atoms with Crippen LogP contribution in [-0.4, -0.2) is 13.0 Å². The quantitative estimate of drug-likeness (QED) is 0.916. The molecule has 2 aromatic rings. The zero-order chi connectivity index (χ0) is 13.7. The summed E-state index contributed by atoms with van der Waals surface area (Å²) >= 11 is 5.91. The molecule has 1 N–H and O–H groups in total. The van der Waals surface area contributed by atoms with Crippen LogP contribution in [0.25, 0.3) is 0 Å². The van der Waals surface area contributed by atoms with Gasteiger partial charge in [0.1, 0.15) is 11.5 Å². The summed E-state index contributed by atoms with van der Waals surface area (Å²) in [5.74, 6) is 1.25. The lowest BCUT2D eigenvalue weighted by molar-refractivity contribution is -0.120. The van der Waals surface area contributed by atoms with Gasteiger partial charge in [-0.05, 0) is 30.3 Å². The van der Waals surface area contributed by atoms with E-state index in [2.05, 4.69) is 5.32 Å². The van der Waals surface area contributed by atoms with E-state index >= 15 is 0 Å². The summed E-state index contributed by atoms with van der Waals surface area (Å²) in [4.78, 5) is 11.8. The second-order valence-electron chi connectivity index (χ2n) is 3.99. The van der Waals surface area contributed by atoms with Gasteiger partial charge in [0.2, 0.25) is 5.91 Å². The van der Waals surface area contributed by atoms with Crippen molar-refractivity contribution in [2.24, 2.45) is 0 Å². The lowest BCUT2D eigenvalue weighted by Crippen LogP contribution is -2.24. The molecule has 0 saturated carbocycles. The number of benzene rings is 1. The van der Waals surface area contributed by atoms with Gasteiger partial charge < -0.3 is 14.5 Å². The minimum atomic E-state index is -0.114. The Morgan fingerprint density at radius 3 is 2.95 bits per heavy atom. The molecular weight excluding hydrogens is 266 g/mol. The highest BCUT2D eigenvalue weighted by Crippen LogP contribution is 2.22. The van der Waals surface area contributed by atoms with Crippen molar-refractivity contribution in [3.63, 3.8) is 0 Å². The first-order valence-corrected chi connectivity index (χ1v) is 6.18. The Balaban J connectivity index is 1.96. The van der Waals surface area contributed by atoms with E-state index in [0.29, 0.717) is 23.1 Å². The molecule has 0 aliphatic carbocycles. The van der Waals surface area contributed by atoms with Gasteiger partial charge in [-0.2, -0.15) is 0 Å². The Labute approximate surface area is 116 Å². The van der Waals surface area contributed by atoms with Crippen LogP contribution < -0.4 is 10.1 Å². The fraction of sp³-hybridized carbons (Fsp3) is 0.214. The largest absolute Gasteiger partial charge is 0.496 e. The predicted octanol–water partition coefficient (Wildman–Crippen LogP) is 2.80. The SMILES string of the molecule is COc1ccc(Cl)cc1CC(=O)NCc1ccco1. The van der Waals surface area contributed by atoms with E-state index in [4.69, 9.17) is 20.8 Å². The number of furan rings is 1. The number of rotatable bonds is 5. The molecule has 0 aliphatic heterocycles. The Kier molecular flexibility index (Phi) is 4.47. The van der Waals surface area contributed by atoms with Crippen molar-refractivity contribution < 1.29 is 13.9 Å². The molecule has 0 radical (unpaired) electrons. The molecule has 1 aromatic carbocycles. The zero-order valence-corrected chi connectivity index (χ0v) is 11.2. The van der Waals surface area contributed by atoms with Crippen LogP contribution in [0.5, 0.6) is 5.75 Å². The molecule has 1 heterocycles. The summed E-state index contributed by atoms with van der Waals surface area (Å²) in [7, 11) is 1.56. The molecule has 1 aromatic heterocycles. The van der Waals surface area contributed by atoms with E-state index in [1.807, 2.05) is 0 Å². The van der Waals surface area contributed by atoms with Crippen LogP contribution in [0.15, 0.2) is 41.0 Å². The monoisotopic (exact) mass is 279 g/mol. The predicted molar refractivity (Wildman–Crippen MR) is 72.3 cm³/mol. The Morgan fingerprint density at radius 1 is 1.42 bits per heavy atom. The molecule has 19 heavy (non-hydrogen) atoms. The number of halogens is 1. The van der Waals surface area contributed by atoms with Crippen LogP contribution in [0.4, 0.5) is 0 Å². The van der Waals surface area contributed by atoms with Crippen molar-refractivity contribution in [1.82, 2.24) is 5.32 Å². The minimum absolute atomic E-state index is 0.114. The molecule has 0 bridgehead atoms.